The van der Waals surface area contributed by atoms with E-state index in [2.05, 4.69) is 67.8 Å². The van der Waals surface area contributed by atoms with Gasteiger partial charge < -0.3 is 5.11 Å². The van der Waals surface area contributed by atoms with Gasteiger partial charge in [-0.1, -0.05) is 120 Å². The van der Waals surface area contributed by atoms with Crippen LogP contribution in [0.2, 0.25) is 0 Å². The van der Waals surface area contributed by atoms with Crippen LogP contribution in [-0.4, -0.2) is 21.0 Å². The first kappa shape index (κ1) is 30.0. The third-order valence-corrected chi connectivity index (χ3v) is 8.87. The first-order valence-corrected chi connectivity index (χ1v) is 15.8. The average molecular weight is 541 g/mol. The largest absolute Gasteiger partial charge is 0.481 e. The minimum absolute atomic E-state index is 0.230. The second-order valence-electron chi connectivity index (χ2n) is 11.9. The summed E-state index contributed by atoms with van der Waals surface area (Å²) < 4.78 is 0. The van der Waals surface area contributed by atoms with Gasteiger partial charge in [-0.25, -0.2) is 9.97 Å². The lowest BCUT2D eigenvalue weighted by molar-refractivity contribution is -0.137. The molecule has 1 heterocycles. The summed E-state index contributed by atoms with van der Waals surface area (Å²) in [4.78, 5) is 20.3. The lowest BCUT2D eigenvalue weighted by Crippen LogP contribution is -2.22. The molecular weight excluding hydrogens is 492 g/mol. The molecule has 1 N–H and O–H groups in total. The van der Waals surface area contributed by atoms with Gasteiger partial charge in [0.1, 0.15) is 0 Å². The van der Waals surface area contributed by atoms with Gasteiger partial charge in [0.25, 0.3) is 0 Å². The van der Waals surface area contributed by atoms with Gasteiger partial charge in [0.05, 0.1) is 0 Å². The maximum Gasteiger partial charge on any atom is 0.303 e. The second kappa shape index (κ2) is 15.7. The normalized spacial score (nSPS) is 14.4. The fourth-order valence-corrected chi connectivity index (χ4v) is 6.36. The number of unbranched alkanes of at least 4 members (excludes halogenated alkanes) is 8. The van der Waals surface area contributed by atoms with Crippen LogP contribution in [0.4, 0.5) is 0 Å². The average Bonchev–Trinajstić information content (AvgIpc) is 3.47. The van der Waals surface area contributed by atoms with E-state index in [9.17, 15) is 4.79 Å². The fourth-order valence-electron chi connectivity index (χ4n) is 6.36. The van der Waals surface area contributed by atoms with Gasteiger partial charge in [0.2, 0.25) is 0 Å². The number of carboxylic acids is 1. The van der Waals surface area contributed by atoms with Crippen LogP contribution >= 0.6 is 0 Å². The van der Waals surface area contributed by atoms with Crippen molar-refractivity contribution in [1.29, 1.82) is 0 Å². The molecule has 4 rings (SSSR count). The Morgan fingerprint density at radius 1 is 0.725 bits per heavy atom. The molecule has 214 valence electrons. The van der Waals surface area contributed by atoms with E-state index in [0.29, 0.717) is 6.42 Å². The molecule has 1 saturated carbocycles. The van der Waals surface area contributed by atoms with E-state index in [1.54, 1.807) is 0 Å². The van der Waals surface area contributed by atoms with E-state index in [0.717, 1.165) is 30.7 Å². The van der Waals surface area contributed by atoms with E-state index in [1.165, 1.54) is 106 Å². The molecule has 1 aromatic heterocycles. The molecule has 0 unspecified atom stereocenters. The Morgan fingerprint density at radius 2 is 1.27 bits per heavy atom. The Kier molecular flexibility index (Phi) is 11.8. The zero-order chi connectivity index (χ0) is 28.0. The summed E-state index contributed by atoms with van der Waals surface area (Å²) >= 11 is 0. The highest BCUT2D eigenvalue weighted by molar-refractivity contribution is 5.68. The van der Waals surface area contributed by atoms with Crippen molar-refractivity contribution in [2.75, 3.05) is 0 Å². The number of aryl methyl sites for hydroxylation is 1. The highest BCUT2D eigenvalue weighted by Gasteiger charge is 2.35. The molecule has 2 aromatic carbocycles. The topological polar surface area (TPSA) is 63.1 Å². The minimum Gasteiger partial charge on any atom is -0.481 e. The number of aliphatic carboxylic acids is 1. The van der Waals surface area contributed by atoms with Crippen molar-refractivity contribution >= 4 is 5.97 Å². The van der Waals surface area contributed by atoms with Crippen LogP contribution in [0.25, 0.3) is 22.5 Å². The summed E-state index contributed by atoms with van der Waals surface area (Å²) in [6.45, 7) is 2.26. The Bertz CT molecular complexity index is 1150. The Hall–Kier alpha value is -3.01. The van der Waals surface area contributed by atoms with Crippen LogP contribution in [0.1, 0.15) is 121 Å². The molecule has 0 atom stereocenters. The first-order chi connectivity index (χ1) is 19.6. The lowest BCUT2D eigenvalue weighted by Gasteiger charge is -2.29. The molecule has 1 fully saturated rings. The molecular formula is C36H48N2O2. The number of hydrogen-bond donors (Lipinski definition) is 1. The molecule has 0 bridgehead atoms. The van der Waals surface area contributed by atoms with Gasteiger partial charge in [-0.3, -0.25) is 4.79 Å². The summed E-state index contributed by atoms with van der Waals surface area (Å²) in [5.41, 5.74) is 6.51. The highest BCUT2D eigenvalue weighted by atomic mass is 16.4. The van der Waals surface area contributed by atoms with Crippen LogP contribution in [0.3, 0.4) is 0 Å². The van der Waals surface area contributed by atoms with Crippen molar-refractivity contribution < 1.29 is 9.90 Å². The molecule has 1 aliphatic rings. The molecule has 0 saturated heterocycles. The van der Waals surface area contributed by atoms with Crippen LogP contribution in [-0.2, 0) is 16.6 Å². The molecule has 4 heteroatoms. The second-order valence-corrected chi connectivity index (χ2v) is 11.9. The number of aromatic nitrogens is 2. The number of nitrogens with zero attached hydrogens (tertiary/aromatic N) is 2. The standard InChI is InChI=1S/C36H48N2O2/c1-2-3-4-9-14-29-16-18-30(19-17-29)31-20-22-32(23-21-31)35-37-27-33(28-38-35)36(25-12-13-26-36)24-11-8-6-5-7-10-15-34(39)40/h16-23,27-28H,2-15,24-26H2,1H3,(H,39,40). The number of benzene rings is 2. The smallest absolute Gasteiger partial charge is 0.303 e. The van der Waals surface area contributed by atoms with E-state index in [4.69, 9.17) is 15.1 Å². The zero-order valence-corrected chi connectivity index (χ0v) is 24.5. The van der Waals surface area contributed by atoms with Crippen LogP contribution < -0.4 is 0 Å². The fraction of sp³-hybridized carbons (Fsp3) is 0.528. The van der Waals surface area contributed by atoms with Crippen molar-refractivity contribution in [2.45, 2.75) is 121 Å². The summed E-state index contributed by atoms with van der Waals surface area (Å²) in [6.07, 6.45) is 23.7. The van der Waals surface area contributed by atoms with Crippen molar-refractivity contribution in [3.63, 3.8) is 0 Å². The highest BCUT2D eigenvalue weighted by Crippen LogP contribution is 2.44. The van der Waals surface area contributed by atoms with Gasteiger partial charge >= 0.3 is 5.97 Å². The summed E-state index contributed by atoms with van der Waals surface area (Å²) in [5, 5.41) is 8.78. The van der Waals surface area contributed by atoms with Gasteiger partial charge in [0.15, 0.2) is 5.82 Å². The summed E-state index contributed by atoms with van der Waals surface area (Å²) in [6, 6.07) is 17.7. The molecule has 0 spiro atoms. The molecule has 0 aliphatic heterocycles. The van der Waals surface area contributed by atoms with Crippen LogP contribution in [0, 0.1) is 0 Å². The zero-order valence-electron chi connectivity index (χ0n) is 24.5. The minimum atomic E-state index is -0.678. The van der Waals surface area contributed by atoms with Gasteiger partial charge in [-0.15, -0.1) is 0 Å². The SMILES string of the molecule is CCCCCCc1ccc(-c2ccc(-c3ncc(C4(CCCCCCCCC(=O)O)CCCC4)cn3)cc2)cc1. The van der Waals surface area contributed by atoms with Gasteiger partial charge in [0, 0.05) is 24.4 Å². The van der Waals surface area contributed by atoms with Crippen molar-refractivity contribution in [2.24, 2.45) is 0 Å². The van der Waals surface area contributed by atoms with Crippen molar-refractivity contribution in [3.8, 4) is 22.5 Å². The third kappa shape index (κ3) is 8.74. The third-order valence-electron chi connectivity index (χ3n) is 8.87. The van der Waals surface area contributed by atoms with Gasteiger partial charge in [-0.2, -0.15) is 0 Å². The maximum absolute atomic E-state index is 10.7. The predicted octanol–water partition coefficient (Wildman–Crippen LogP) is 9.95. The Morgan fingerprint density at radius 3 is 1.90 bits per heavy atom. The van der Waals surface area contributed by atoms with Crippen LogP contribution in [0.5, 0.6) is 0 Å². The predicted molar refractivity (Wildman–Crippen MR) is 165 cm³/mol. The summed E-state index contributed by atoms with van der Waals surface area (Å²) in [5.74, 6) is 0.120. The molecule has 40 heavy (non-hydrogen) atoms. The first-order valence-electron chi connectivity index (χ1n) is 15.8. The Balaban J connectivity index is 1.30. The van der Waals surface area contributed by atoms with Crippen molar-refractivity contribution in [3.05, 3.63) is 72.1 Å². The van der Waals surface area contributed by atoms with E-state index in [1.807, 2.05) is 0 Å². The van der Waals surface area contributed by atoms with E-state index in [-0.39, 0.29) is 5.41 Å². The molecule has 4 nitrogen and oxygen atoms in total. The molecule has 0 amide bonds. The van der Waals surface area contributed by atoms with E-state index < -0.39 is 5.97 Å². The lowest BCUT2D eigenvalue weighted by atomic mass is 9.76. The van der Waals surface area contributed by atoms with Crippen molar-refractivity contribution in [1.82, 2.24) is 9.97 Å². The monoisotopic (exact) mass is 540 g/mol. The molecule has 3 aromatic rings. The maximum atomic E-state index is 10.7. The number of hydrogen-bond acceptors (Lipinski definition) is 3. The quantitative estimate of drug-likeness (QED) is 0.173. The van der Waals surface area contributed by atoms with Crippen LogP contribution in [0.15, 0.2) is 60.9 Å². The molecule has 1 aliphatic carbocycles. The van der Waals surface area contributed by atoms with Gasteiger partial charge in [-0.05, 0) is 66.2 Å². The number of rotatable bonds is 17. The van der Waals surface area contributed by atoms with E-state index >= 15 is 0 Å². The molecule has 0 radical (unpaired) electrons. The number of carboxylic acid groups (broad SMARTS) is 1. The number of carbonyl (C=O) groups is 1. The summed E-state index contributed by atoms with van der Waals surface area (Å²) in [7, 11) is 0. The Labute approximate surface area is 241 Å².